The van der Waals surface area contributed by atoms with Gasteiger partial charge in [-0.1, -0.05) is 12.1 Å². The molecule has 3 N–H and O–H groups in total. The molecule has 2 rings (SSSR count). The normalized spacial score (nSPS) is 17.0. The number of carbonyl (C=O) groups is 1. The Morgan fingerprint density at radius 1 is 1.41 bits per heavy atom. The van der Waals surface area contributed by atoms with E-state index in [4.69, 9.17) is 5.73 Å². The molecule has 1 fully saturated rings. The summed E-state index contributed by atoms with van der Waals surface area (Å²) in [6.07, 6.45) is 2.17. The molecule has 0 heterocycles. The minimum absolute atomic E-state index is 0.122. The average Bonchev–Trinajstić information content (AvgIpc) is 2.26. The van der Waals surface area contributed by atoms with Gasteiger partial charge in [0.05, 0.1) is 10.5 Å². The smallest absolute Gasteiger partial charge is 0.292 e. The number of hydrogen-bond donors (Lipinski definition) is 2. The summed E-state index contributed by atoms with van der Waals surface area (Å²) in [6.45, 7) is 0. The highest BCUT2D eigenvalue weighted by molar-refractivity contribution is 6.00. The van der Waals surface area contributed by atoms with Gasteiger partial charge in [-0.25, -0.2) is 0 Å². The summed E-state index contributed by atoms with van der Waals surface area (Å²) in [5.41, 5.74) is 5.05. The first-order valence-electron chi connectivity index (χ1n) is 5.37. The van der Waals surface area contributed by atoms with Gasteiger partial charge in [-0.3, -0.25) is 14.9 Å². The lowest BCUT2D eigenvalue weighted by Gasteiger charge is -2.36. The standard InChI is InChI=1S/C11H13N3O3/c12-11(6-3-7-11)10(15)13-8-4-1-2-5-9(8)14(16)17/h1-2,4-5H,3,6-7,12H2,(H,13,15). The zero-order chi connectivity index (χ0) is 12.5. The van der Waals surface area contributed by atoms with E-state index in [1.807, 2.05) is 0 Å². The first-order chi connectivity index (χ1) is 8.03. The predicted molar refractivity (Wildman–Crippen MR) is 62.5 cm³/mol. The molecule has 0 saturated heterocycles. The van der Waals surface area contributed by atoms with Gasteiger partial charge in [-0.2, -0.15) is 0 Å². The van der Waals surface area contributed by atoms with E-state index >= 15 is 0 Å². The van der Waals surface area contributed by atoms with E-state index in [1.165, 1.54) is 12.1 Å². The van der Waals surface area contributed by atoms with Gasteiger partial charge < -0.3 is 11.1 Å². The Morgan fingerprint density at radius 3 is 2.59 bits per heavy atom. The second kappa shape index (κ2) is 4.14. The van der Waals surface area contributed by atoms with E-state index < -0.39 is 10.5 Å². The number of para-hydroxylation sites is 2. The number of anilines is 1. The molecule has 17 heavy (non-hydrogen) atoms. The summed E-state index contributed by atoms with van der Waals surface area (Å²) in [5.74, 6) is -0.349. The molecule has 0 aliphatic heterocycles. The van der Waals surface area contributed by atoms with Crippen LogP contribution in [0, 0.1) is 10.1 Å². The molecule has 1 aliphatic rings. The van der Waals surface area contributed by atoms with Crippen LogP contribution in [0.4, 0.5) is 11.4 Å². The molecule has 0 aromatic heterocycles. The summed E-state index contributed by atoms with van der Waals surface area (Å²) >= 11 is 0. The fourth-order valence-electron chi connectivity index (χ4n) is 1.77. The number of rotatable bonds is 3. The van der Waals surface area contributed by atoms with E-state index in [9.17, 15) is 14.9 Å². The van der Waals surface area contributed by atoms with Crippen molar-refractivity contribution in [1.29, 1.82) is 0 Å². The average molecular weight is 235 g/mol. The molecule has 0 radical (unpaired) electrons. The van der Waals surface area contributed by atoms with Gasteiger partial charge in [-0.15, -0.1) is 0 Å². The molecule has 1 aliphatic carbocycles. The SMILES string of the molecule is NC1(C(=O)Nc2ccccc2[N+](=O)[O-])CCC1. The lowest BCUT2D eigenvalue weighted by molar-refractivity contribution is -0.383. The minimum Gasteiger partial charge on any atom is -0.319 e. The number of amides is 1. The zero-order valence-electron chi connectivity index (χ0n) is 9.18. The predicted octanol–water partition coefficient (Wildman–Crippen LogP) is 1.41. The number of carbonyl (C=O) groups excluding carboxylic acids is 1. The number of nitrogens with two attached hydrogens (primary N) is 1. The van der Waals surface area contributed by atoms with Crippen molar-refractivity contribution in [3.8, 4) is 0 Å². The van der Waals surface area contributed by atoms with E-state index in [0.717, 1.165) is 6.42 Å². The zero-order valence-corrected chi connectivity index (χ0v) is 9.18. The Kier molecular flexibility index (Phi) is 2.81. The molecule has 0 atom stereocenters. The van der Waals surface area contributed by atoms with E-state index in [1.54, 1.807) is 12.1 Å². The van der Waals surface area contributed by atoms with Crippen LogP contribution in [-0.4, -0.2) is 16.4 Å². The highest BCUT2D eigenvalue weighted by Crippen LogP contribution is 2.31. The number of nitro groups is 1. The van der Waals surface area contributed by atoms with Crippen LogP contribution < -0.4 is 11.1 Å². The van der Waals surface area contributed by atoms with Crippen LogP contribution in [0.25, 0.3) is 0 Å². The van der Waals surface area contributed by atoms with Gasteiger partial charge in [0.15, 0.2) is 0 Å². The topological polar surface area (TPSA) is 98.3 Å². The van der Waals surface area contributed by atoms with Crippen LogP contribution in [0.2, 0.25) is 0 Å². The number of benzene rings is 1. The highest BCUT2D eigenvalue weighted by Gasteiger charge is 2.40. The van der Waals surface area contributed by atoms with Crippen molar-refractivity contribution in [2.45, 2.75) is 24.8 Å². The summed E-state index contributed by atoms with van der Waals surface area (Å²) in [5, 5.41) is 13.3. The fourth-order valence-corrected chi connectivity index (χ4v) is 1.77. The summed E-state index contributed by atoms with van der Waals surface area (Å²) in [6, 6.07) is 6.03. The maximum absolute atomic E-state index is 11.8. The Labute approximate surface area is 98.0 Å². The van der Waals surface area contributed by atoms with Crippen LogP contribution in [0.1, 0.15) is 19.3 Å². The molecule has 1 aromatic rings. The third kappa shape index (κ3) is 2.12. The molecule has 1 amide bonds. The quantitative estimate of drug-likeness (QED) is 0.611. The molecule has 1 saturated carbocycles. The molecular weight excluding hydrogens is 222 g/mol. The monoisotopic (exact) mass is 235 g/mol. The van der Waals surface area contributed by atoms with Crippen molar-refractivity contribution >= 4 is 17.3 Å². The number of nitro benzene ring substituents is 1. The lowest BCUT2D eigenvalue weighted by Crippen LogP contribution is -2.56. The van der Waals surface area contributed by atoms with Crippen molar-refractivity contribution in [1.82, 2.24) is 0 Å². The van der Waals surface area contributed by atoms with E-state index in [0.29, 0.717) is 12.8 Å². The molecule has 90 valence electrons. The molecule has 0 bridgehead atoms. The lowest BCUT2D eigenvalue weighted by atomic mass is 9.77. The van der Waals surface area contributed by atoms with Gasteiger partial charge in [0.25, 0.3) is 5.69 Å². The maximum Gasteiger partial charge on any atom is 0.292 e. The largest absolute Gasteiger partial charge is 0.319 e. The molecule has 6 nitrogen and oxygen atoms in total. The molecule has 0 spiro atoms. The number of nitrogens with one attached hydrogen (secondary N) is 1. The van der Waals surface area contributed by atoms with E-state index in [-0.39, 0.29) is 17.3 Å². The summed E-state index contributed by atoms with van der Waals surface area (Å²) in [4.78, 5) is 22.1. The van der Waals surface area contributed by atoms with Crippen LogP contribution in [-0.2, 0) is 4.79 Å². The van der Waals surface area contributed by atoms with Crippen LogP contribution >= 0.6 is 0 Å². The molecular formula is C11H13N3O3. The van der Waals surface area contributed by atoms with Gasteiger partial charge in [0.1, 0.15) is 5.69 Å². The Balaban J connectivity index is 2.18. The van der Waals surface area contributed by atoms with Crippen molar-refractivity contribution < 1.29 is 9.72 Å². The van der Waals surface area contributed by atoms with Crippen LogP contribution in [0.5, 0.6) is 0 Å². The molecule has 0 unspecified atom stereocenters. The first kappa shape index (κ1) is 11.5. The number of nitrogens with zero attached hydrogens (tertiary/aromatic N) is 1. The van der Waals surface area contributed by atoms with Crippen molar-refractivity contribution in [2.24, 2.45) is 5.73 Å². The maximum atomic E-state index is 11.8. The Hall–Kier alpha value is -1.95. The van der Waals surface area contributed by atoms with Crippen molar-refractivity contribution in [3.63, 3.8) is 0 Å². The summed E-state index contributed by atoms with van der Waals surface area (Å²) in [7, 11) is 0. The van der Waals surface area contributed by atoms with Crippen molar-refractivity contribution in [3.05, 3.63) is 34.4 Å². The van der Waals surface area contributed by atoms with Gasteiger partial charge in [0, 0.05) is 6.07 Å². The van der Waals surface area contributed by atoms with Crippen LogP contribution in [0.15, 0.2) is 24.3 Å². The molecule has 6 heteroatoms. The second-order valence-electron chi connectivity index (χ2n) is 4.24. The third-order valence-corrected chi connectivity index (χ3v) is 3.05. The van der Waals surface area contributed by atoms with Crippen LogP contribution in [0.3, 0.4) is 0 Å². The van der Waals surface area contributed by atoms with Gasteiger partial charge in [-0.05, 0) is 25.3 Å². The van der Waals surface area contributed by atoms with E-state index in [2.05, 4.69) is 5.32 Å². The van der Waals surface area contributed by atoms with Gasteiger partial charge >= 0.3 is 0 Å². The number of hydrogen-bond acceptors (Lipinski definition) is 4. The first-order valence-corrected chi connectivity index (χ1v) is 5.37. The molecule has 1 aromatic carbocycles. The second-order valence-corrected chi connectivity index (χ2v) is 4.24. The van der Waals surface area contributed by atoms with Crippen molar-refractivity contribution in [2.75, 3.05) is 5.32 Å². The third-order valence-electron chi connectivity index (χ3n) is 3.05. The highest BCUT2D eigenvalue weighted by atomic mass is 16.6. The summed E-state index contributed by atoms with van der Waals surface area (Å²) < 4.78 is 0. The Morgan fingerprint density at radius 2 is 2.06 bits per heavy atom. The fraction of sp³-hybridized carbons (Fsp3) is 0.364. The van der Waals surface area contributed by atoms with Gasteiger partial charge in [0.2, 0.25) is 5.91 Å². The minimum atomic E-state index is -0.857. The Bertz CT molecular complexity index is 469.